The molecular weight excluding hydrogens is 414 g/mol. The van der Waals surface area contributed by atoms with Crippen LogP contribution in [0.5, 0.6) is 5.75 Å². The molecular formula is C25H35N7O. The summed E-state index contributed by atoms with van der Waals surface area (Å²) in [5, 5.41) is 32.1. The number of rotatable bonds is 9. The van der Waals surface area contributed by atoms with Crippen molar-refractivity contribution in [2.45, 2.75) is 51.6 Å². The highest BCUT2D eigenvalue weighted by atomic mass is 16.3. The molecule has 8 heteroatoms. The van der Waals surface area contributed by atoms with Crippen LogP contribution in [0, 0.1) is 16.7 Å². The molecule has 4 rings (SSSR count). The van der Waals surface area contributed by atoms with Crippen LogP contribution in [-0.4, -0.2) is 65.0 Å². The third kappa shape index (κ3) is 4.75. The molecule has 33 heavy (non-hydrogen) atoms. The summed E-state index contributed by atoms with van der Waals surface area (Å²) < 4.78 is 0. The third-order valence-electron chi connectivity index (χ3n) is 7.38. The second-order valence-corrected chi connectivity index (χ2v) is 9.33. The molecule has 2 bridgehead atoms. The fourth-order valence-electron chi connectivity index (χ4n) is 5.30. The zero-order valence-electron chi connectivity index (χ0n) is 19.7. The van der Waals surface area contributed by atoms with Crippen LogP contribution < -0.4 is 16.0 Å². The minimum absolute atomic E-state index is 0.178. The number of anilines is 2. The lowest BCUT2D eigenvalue weighted by Crippen LogP contribution is -2.56. The van der Waals surface area contributed by atoms with E-state index in [1.165, 1.54) is 0 Å². The molecule has 0 spiro atoms. The van der Waals surface area contributed by atoms with Gasteiger partial charge in [-0.3, -0.25) is 4.90 Å². The van der Waals surface area contributed by atoms with Crippen LogP contribution in [0.15, 0.2) is 30.3 Å². The molecule has 4 N–H and O–H groups in total. The molecule has 0 aliphatic carbocycles. The number of nitrogens with zero attached hydrogens (tertiary/aromatic N) is 5. The molecule has 1 aromatic heterocycles. The number of phenolic OH excluding ortho intramolecular Hbond substituents is 1. The van der Waals surface area contributed by atoms with E-state index >= 15 is 0 Å². The molecule has 2 aliphatic heterocycles. The lowest BCUT2D eigenvalue weighted by Gasteiger charge is -2.45. The third-order valence-corrected chi connectivity index (χ3v) is 7.38. The van der Waals surface area contributed by atoms with Crippen LogP contribution in [0.2, 0.25) is 0 Å². The number of hydrogen-bond donors (Lipinski definition) is 3. The van der Waals surface area contributed by atoms with Gasteiger partial charge in [-0.1, -0.05) is 26.0 Å². The summed E-state index contributed by atoms with van der Waals surface area (Å²) in [6, 6.07) is 12.5. The lowest BCUT2D eigenvalue weighted by molar-refractivity contribution is 0.111. The summed E-state index contributed by atoms with van der Waals surface area (Å²) in [4.78, 5) is 4.88. The van der Waals surface area contributed by atoms with Gasteiger partial charge in [0.25, 0.3) is 0 Å². The number of piperazine rings is 1. The number of hydrogen-bond acceptors (Lipinski definition) is 8. The number of para-hydroxylation sites is 1. The van der Waals surface area contributed by atoms with Gasteiger partial charge in [-0.25, -0.2) is 0 Å². The second-order valence-electron chi connectivity index (χ2n) is 9.33. The van der Waals surface area contributed by atoms with Crippen molar-refractivity contribution in [3.8, 4) is 23.1 Å². The molecule has 2 saturated heterocycles. The van der Waals surface area contributed by atoms with Gasteiger partial charge >= 0.3 is 0 Å². The maximum atomic E-state index is 10.2. The van der Waals surface area contributed by atoms with E-state index in [9.17, 15) is 10.4 Å². The average molecular weight is 450 g/mol. The Labute approximate surface area is 196 Å². The van der Waals surface area contributed by atoms with Crippen LogP contribution in [0.3, 0.4) is 0 Å². The van der Waals surface area contributed by atoms with Crippen molar-refractivity contribution in [2.24, 2.45) is 5.41 Å². The standard InChI is InChI=1S/C25H35N7O/c1-3-25(16-26,11-12-28-4-2)17-32-18-9-10-19(32)15-31(14-18)22-13-21(29-30-24(22)27)20-7-5-6-8-23(20)33/h5-8,13,18-19,28,33H,3-4,9-12,14-15,17H2,1-2H3,(H2,27,30). The van der Waals surface area contributed by atoms with E-state index in [-0.39, 0.29) is 11.2 Å². The Balaban J connectivity index is 1.52. The summed E-state index contributed by atoms with van der Waals surface area (Å²) in [5.74, 6) is 0.588. The summed E-state index contributed by atoms with van der Waals surface area (Å²) in [6.07, 6.45) is 3.99. The summed E-state index contributed by atoms with van der Waals surface area (Å²) in [5.41, 5.74) is 8.07. The van der Waals surface area contributed by atoms with Gasteiger partial charge < -0.3 is 21.1 Å². The van der Waals surface area contributed by atoms with Crippen LogP contribution in [0.25, 0.3) is 11.3 Å². The molecule has 2 fully saturated rings. The number of aromatic hydroxyl groups is 1. The Kier molecular flexibility index (Phi) is 7.01. The monoisotopic (exact) mass is 449 g/mol. The minimum atomic E-state index is -0.319. The Hall–Kier alpha value is -2.89. The van der Waals surface area contributed by atoms with Crippen molar-refractivity contribution in [2.75, 3.05) is 43.4 Å². The Morgan fingerprint density at radius 1 is 1.21 bits per heavy atom. The van der Waals surface area contributed by atoms with Crippen molar-refractivity contribution in [1.29, 1.82) is 5.26 Å². The minimum Gasteiger partial charge on any atom is -0.507 e. The van der Waals surface area contributed by atoms with E-state index < -0.39 is 0 Å². The molecule has 176 valence electrons. The Morgan fingerprint density at radius 3 is 2.58 bits per heavy atom. The van der Waals surface area contributed by atoms with E-state index in [1.54, 1.807) is 12.1 Å². The van der Waals surface area contributed by atoms with E-state index in [0.29, 0.717) is 29.2 Å². The first-order valence-electron chi connectivity index (χ1n) is 12.0. The highest BCUT2D eigenvalue weighted by molar-refractivity contribution is 5.74. The van der Waals surface area contributed by atoms with Crippen molar-refractivity contribution in [3.05, 3.63) is 30.3 Å². The number of phenols is 1. The molecule has 0 saturated carbocycles. The number of aromatic nitrogens is 2. The van der Waals surface area contributed by atoms with Gasteiger partial charge in [0.1, 0.15) is 5.75 Å². The predicted molar refractivity (Wildman–Crippen MR) is 131 cm³/mol. The lowest BCUT2D eigenvalue weighted by atomic mass is 9.82. The number of nitrogen functional groups attached to an aromatic ring is 1. The van der Waals surface area contributed by atoms with E-state index in [0.717, 1.165) is 64.1 Å². The smallest absolute Gasteiger partial charge is 0.169 e. The Morgan fingerprint density at radius 2 is 1.94 bits per heavy atom. The quantitative estimate of drug-likeness (QED) is 0.501. The highest BCUT2D eigenvalue weighted by Gasteiger charge is 2.44. The summed E-state index contributed by atoms with van der Waals surface area (Å²) in [6.45, 7) is 8.57. The zero-order valence-corrected chi connectivity index (χ0v) is 19.7. The van der Waals surface area contributed by atoms with Gasteiger partial charge in [-0.05, 0) is 57.0 Å². The van der Waals surface area contributed by atoms with Crippen molar-refractivity contribution in [3.63, 3.8) is 0 Å². The first-order chi connectivity index (χ1) is 16.0. The molecule has 3 atom stereocenters. The molecule has 3 unspecified atom stereocenters. The SMILES string of the molecule is CCNCCC(C#N)(CC)CN1C2CCC1CN(c1cc(-c3ccccc3O)nnc1N)C2. The molecule has 2 aliphatic rings. The van der Waals surface area contributed by atoms with Gasteiger partial charge in [-0.15, -0.1) is 10.2 Å². The number of nitriles is 1. The maximum absolute atomic E-state index is 10.2. The number of fused-ring (bicyclic) bond motifs is 2. The van der Waals surface area contributed by atoms with Crippen molar-refractivity contribution >= 4 is 11.5 Å². The Bertz CT molecular complexity index is 992. The molecule has 0 radical (unpaired) electrons. The average Bonchev–Trinajstić information content (AvgIpc) is 3.05. The zero-order chi connectivity index (χ0) is 23.4. The van der Waals surface area contributed by atoms with Gasteiger partial charge in [0.05, 0.1) is 22.9 Å². The van der Waals surface area contributed by atoms with Crippen molar-refractivity contribution < 1.29 is 5.11 Å². The first-order valence-corrected chi connectivity index (χ1v) is 12.0. The maximum Gasteiger partial charge on any atom is 0.169 e. The second kappa shape index (κ2) is 9.94. The van der Waals surface area contributed by atoms with Crippen LogP contribution in [0.1, 0.15) is 39.5 Å². The number of nitrogens with one attached hydrogen (secondary N) is 1. The highest BCUT2D eigenvalue weighted by Crippen LogP contribution is 2.39. The predicted octanol–water partition coefficient (Wildman–Crippen LogP) is 3.00. The van der Waals surface area contributed by atoms with E-state index in [1.807, 2.05) is 18.2 Å². The van der Waals surface area contributed by atoms with Gasteiger partial charge in [0.15, 0.2) is 5.82 Å². The number of benzene rings is 1. The fraction of sp³-hybridized carbons (Fsp3) is 0.560. The van der Waals surface area contributed by atoms with Crippen LogP contribution in [0.4, 0.5) is 11.5 Å². The summed E-state index contributed by atoms with van der Waals surface area (Å²) in [7, 11) is 0. The first kappa shape index (κ1) is 23.3. The van der Waals surface area contributed by atoms with Crippen LogP contribution >= 0.6 is 0 Å². The van der Waals surface area contributed by atoms with E-state index in [2.05, 4.69) is 45.2 Å². The largest absolute Gasteiger partial charge is 0.507 e. The normalized spacial score (nSPS) is 22.2. The molecule has 3 heterocycles. The molecule has 1 aromatic carbocycles. The van der Waals surface area contributed by atoms with Gasteiger partial charge in [0, 0.05) is 37.3 Å². The van der Waals surface area contributed by atoms with E-state index in [4.69, 9.17) is 5.73 Å². The number of nitrogens with two attached hydrogens (primary N) is 1. The summed E-state index contributed by atoms with van der Waals surface area (Å²) >= 11 is 0. The topological polar surface area (TPSA) is 114 Å². The molecule has 2 aromatic rings. The van der Waals surface area contributed by atoms with Crippen LogP contribution in [-0.2, 0) is 0 Å². The van der Waals surface area contributed by atoms with Gasteiger partial charge in [-0.2, -0.15) is 5.26 Å². The molecule has 8 nitrogen and oxygen atoms in total. The van der Waals surface area contributed by atoms with Crippen molar-refractivity contribution in [1.82, 2.24) is 20.4 Å². The fourth-order valence-corrected chi connectivity index (χ4v) is 5.30. The van der Waals surface area contributed by atoms with Gasteiger partial charge in [0.2, 0.25) is 0 Å². The molecule has 0 amide bonds.